The molecule has 2 aliphatic rings. The molecule has 6 nitrogen and oxygen atoms in total. The molecule has 3 aromatic rings. The van der Waals surface area contributed by atoms with Gasteiger partial charge >= 0.3 is 0 Å². The molecule has 2 aliphatic heterocycles. The zero-order valence-electron chi connectivity index (χ0n) is 18.3. The van der Waals surface area contributed by atoms with Gasteiger partial charge in [0.05, 0.1) is 17.0 Å². The number of sulfonamides is 1. The highest BCUT2D eigenvalue weighted by atomic mass is 32.2. The van der Waals surface area contributed by atoms with E-state index in [0.29, 0.717) is 31.4 Å². The number of piperidine rings is 1. The Hall–Kier alpha value is -2.77. The molecule has 2 saturated heterocycles. The lowest BCUT2D eigenvalue weighted by Crippen LogP contribution is -2.68. The molecule has 5 rings (SSSR count). The summed E-state index contributed by atoms with van der Waals surface area (Å²) in [6.07, 6.45) is 2.66. The van der Waals surface area contributed by atoms with Crippen LogP contribution in [0, 0.1) is 5.41 Å². The van der Waals surface area contributed by atoms with Crippen LogP contribution in [0.25, 0.3) is 10.9 Å². The average molecular weight is 450 g/mol. The summed E-state index contributed by atoms with van der Waals surface area (Å²) in [6.45, 7) is 4.72. The fourth-order valence-corrected chi connectivity index (χ4v) is 6.98. The summed E-state index contributed by atoms with van der Waals surface area (Å²) >= 11 is 0. The number of amides is 1. The van der Waals surface area contributed by atoms with Crippen LogP contribution in [0.5, 0.6) is 0 Å². The molecule has 1 spiro atoms. The van der Waals surface area contributed by atoms with E-state index in [1.165, 1.54) is 4.31 Å². The number of nitrogens with zero attached hydrogens (tertiary/aromatic N) is 3. The maximum absolute atomic E-state index is 13.5. The molecule has 1 aromatic heterocycles. The summed E-state index contributed by atoms with van der Waals surface area (Å²) in [5, 5.41) is 0.799. The van der Waals surface area contributed by atoms with Gasteiger partial charge in [0.2, 0.25) is 15.9 Å². The number of carbonyl (C=O) groups is 1. The number of carbonyl (C=O) groups excluding carboxylic acids is 1. The quantitative estimate of drug-likeness (QED) is 0.565. The molecule has 2 fully saturated rings. The Morgan fingerprint density at radius 1 is 0.969 bits per heavy atom. The Bertz CT molecular complexity index is 1260. The molecule has 3 heterocycles. The molecule has 0 saturated carbocycles. The molecule has 2 aromatic carbocycles. The van der Waals surface area contributed by atoms with Gasteiger partial charge in [-0.1, -0.05) is 48.5 Å². The van der Waals surface area contributed by atoms with Crippen LogP contribution >= 0.6 is 0 Å². The standard InChI is InChI=1S/C25H27N3O3S/c1-18(2)28-23(20-8-4-3-5-9-20)25(24(28)29)13-16-27(17-14-25)32(30,31)21-12-6-10-19-11-7-15-26-22(19)21/h3-12,15,18,23H,13-14,16-17H2,1-2H3. The van der Waals surface area contributed by atoms with E-state index in [1.807, 2.05) is 49.1 Å². The fraction of sp³-hybridized carbons (Fsp3) is 0.360. The molecule has 1 unspecified atom stereocenters. The number of hydrogen-bond acceptors (Lipinski definition) is 4. The highest BCUT2D eigenvalue weighted by Gasteiger charge is 2.62. The van der Waals surface area contributed by atoms with Crippen molar-refractivity contribution >= 4 is 26.8 Å². The number of rotatable bonds is 4. The summed E-state index contributed by atoms with van der Waals surface area (Å²) in [7, 11) is -3.71. The lowest BCUT2D eigenvalue weighted by Gasteiger charge is -2.60. The first kappa shape index (κ1) is 21.1. The van der Waals surface area contributed by atoms with Crippen molar-refractivity contribution in [1.29, 1.82) is 0 Å². The third-order valence-electron chi connectivity index (χ3n) is 6.96. The number of benzene rings is 2. The van der Waals surface area contributed by atoms with Gasteiger partial charge < -0.3 is 4.90 Å². The smallest absolute Gasteiger partial charge is 0.245 e. The number of pyridine rings is 1. The topological polar surface area (TPSA) is 70.6 Å². The van der Waals surface area contributed by atoms with Crippen molar-refractivity contribution in [3.63, 3.8) is 0 Å². The van der Waals surface area contributed by atoms with Crippen LogP contribution < -0.4 is 0 Å². The van der Waals surface area contributed by atoms with E-state index in [1.54, 1.807) is 24.4 Å². The van der Waals surface area contributed by atoms with E-state index in [9.17, 15) is 13.2 Å². The van der Waals surface area contributed by atoms with Crippen LogP contribution in [0.3, 0.4) is 0 Å². The van der Waals surface area contributed by atoms with Crippen LogP contribution in [-0.4, -0.2) is 47.6 Å². The minimum absolute atomic E-state index is 0.0136. The van der Waals surface area contributed by atoms with Crippen LogP contribution in [0.2, 0.25) is 0 Å². The van der Waals surface area contributed by atoms with Gasteiger partial charge in [-0.05, 0) is 44.4 Å². The van der Waals surface area contributed by atoms with Gasteiger partial charge in [0.15, 0.2) is 0 Å². The molecule has 32 heavy (non-hydrogen) atoms. The molecule has 166 valence electrons. The zero-order valence-corrected chi connectivity index (χ0v) is 19.1. The third-order valence-corrected chi connectivity index (χ3v) is 8.89. The first-order valence-electron chi connectivity index (χ1n) is 11.1. The van der Waals surface area contributed by atoms with Gasteiger partial charge in [0.1, 0.15) is 4.90 Å². The van der Waals surface area contributed by atoms with Crippen molar-refractivity contribution in [3.05, 3.63) is 72.4 Å². The first-order valence-corrected chi connectivity index (χ1v) is 12.5. The summed E-state index contributed by atoms with van der Waals surface area (Å²) < 4.78 is 28.6. The molecule has 0 bridgehead atoms. The first-order chi connectivity index (χ1) is 15.4. The summed E-state index contributed by atoms with van der Waals surface area (Å²) in [4.78, 5) is 19.8. The Kier molecular flexibility index (Phi) is 5.06. The fourth-order valence-electron chi connectivity index (χ4n) is 5.38. The highest BCUT2D eigenvalue weighted by Crippen LogP contribution is 2.57. The Balaban J connectivity index is 1.44. The number of likely N-dealkylation sites (tertiary alicyclic amines) is 1. The number of β-lactam (4-membered cyclic amide) rings is 1. The van der Waals surface area contributed by atoms with E-state index in [0.717, 1.165) is 10.9 Å². The lowest BCUT2D eigenvalue weighted by atomic mass is 9.62. The van der Waals surface area contributed by atoms with Gasteiger partial charge in [-0.2, -0.15) is 4.31 Å². The SMILES string of the molecule is CC(C)N1C(=O)C2(CCN(S(=O)(=O)c3cccc4cccnc34)CC2)C1c1ccccc1. The normalized spacial score (nSPS) is 21.3. The van der Waals surface area contributed by atoms with Crippen molar-refractivity contribution < 1.29 is 13.2 Å². The van der Waals surface area contributed by atoms with E-state index < -0.39 is 15.4 Å². The van der Waals surface area contributed by atoms with Gasteiger partial charge in [0, 0.05) is 30.7 Å². The second-order valence-electron chi connectivity index (χ2n) is 9.01. The van der Waals surface area contributed by atoms with Gasteiger partial charge in [-0.3, -0.25) is 9.78 Å². The number of fused-ring (bicyclic) bond motifs is 1. The van der Waals surface area contributed by atoms with E-state index in [4.69, 9.17) is 0 Å². The second-order valence-corrected chi connectivity index (χ2v) is 10.9. The van der Waals surface area contributed by atoms with Crippen LogP contribution in [0.1, 0.15) is 38.3 Å². The average Bonchev–Trinajstić information content (AvgIpc) is 2.82. The molecule has 0 N–H and O–H groups in total. The van der Waals surface area contributed by atoms with E-state index in [-0.39, 0.29) is 22.9 Å². The van der Waals surface area contributed by atoms with E-state index >= 15 is 0 Å². The Morgan fingerprint density at radius 3 is 2.34 bits per heavy atom. The van der Waals surface area contributed by atoms with Crippen LogP contribution in [-0.2, 0) is 14.8 Å². The Labute approximate surface area is 188 Å². The molecule has 1 amide bonds. The molecule has 1 atom stereocenters. The van der Waals surface area contributed by atoms with Crippen molar-refractivity contribution in [2.24, 2.45) is 5.41 Å². The molecule has 0 aliphatic carbocycles. The van der Waals surface area contributed by atoms with Crippen LogP contribution in [0.15, 0.2) is 71.8 Å². The Morgan fingerprint density at radius 2 is 1.66 bits per heavy atom. The number of hydrogen-bond donors (Lipinski definition) is 0. The van der Waals surface area contributed by atoms with Crippen molar-refractivity contribution in [3.8, 4) is 0 Å². The minimum Gasteiger partial charge on any atom is -0.332 e. The predicted molar refractivity (Wildman–Crippen MR) is 123 cm³/mol. The van der Waals surface area contributed by atoms with Crippen LogP contribution in [0.4, 0.5) is 0 Å². The van der Waals surface area contributed by atoms with Crippen molar-refractivity contribution in [2.45, 2.75) is 43.7 Å². The van der Waals surface area contributed by atoms with E-state index in [2.05, 4.69) is 17.1 Å². The van der Waals surface area contributed by atoms with Crippen molar-refractivity contribution in [2.75, 3.05) is 13.1 Å². The summed E-state index contributed by atoms with van der Waals surface area (Å²) in [6, 6.07) is 19.1. The summed E-state index contributed by atoms with van der Waals surface area (Å²) in [5.41, 5.74) is 1.08. The monoisotopic (exact) mass is 449 g/mol. The predicted octanol–water partition coefficient (Wildman–Crippen LogP) is 4.00. The largest absolute Gasteiger partial charge is 0.332 e. The minimum atomic E-state index is -3.71. The van der Waals surface area contributed by atoms with Crippen molar-refractivity contribution in [1.82, 2.24) is 14.2 Å². The molecule has 0 radical (unpaired) electrons. The molecular formula is C25H27N3O3S. The maximum atomic E-state index is 13.5. The number of aromatic nitrogens is 1. The number of para-hydroxylation sites is 1. The molecular weight excluding hydrogens is 422 g/mol. The zero-order chi connectivity index (χ0) is 22.5. The van der Waals surface area contributed by atoms with Gasteiger partial charge in [0.25, 0.3) is 0 Å². The van der Waals surface area contributed by atoms with Gasteiger partial charge in [-0.15, -0.1) is 0 Å². The second kappa shape index (κ2) is 7.67. The van der Waals surface area contributed by atoms with Gasteiger partial charge in [-0.25, -0.2) is 8.42 Å². The molecule has 7 heteroatoms. The maximum Gasteiger partial charge on any atom is 0.245 e. The summed E-state index contributed by atoms with van der Waals surface area (Å²) in [5.74, 6) is 0.144. The lowest BCUT2D eigenvalue weighted by molar-refractivity contribution is -0.183. The third kappa shape index (κ3) is 3.06. The highest BCUT2D eigenvalue weighted by molar-refractivity contribution is 7.89.